The first kappa shape index (κ1) is 19.4. The molecule has 2 aromatic carbocycles. The average Bonchev–Trinajstić information content (AvgIpc) is 3.28. The average molecular weight is 380 g/mol. The maximum atomic E-state index is 12.8. The summed E-state index contributed by atoms with van der Waals surface area (Å²) in [6.07, 6.45) is 3.40. The second-order valence-electron chi connectivity index (χ2n) is 6.47. The van der Waals surface area contributed by atoms with Crippen LogP contribution in [0.25, 0.3) is 5.69 Å². The summed E-state index contributed by atoms with van der Waals surface area (Å²) in [4.78, 5) is 18.5. The lowest BCUT2D eigenvalue weighted by molar-refractivity contribution is -0.131. The Kier molecular flexibility index (Phi) is 5.93. The maximum absolute atomic E-state index is 12.8. The number of aromatic nitrogens is 3. The van der Waals surface area contributed by atoms with Crippen LogP contribution in [0, 0.1) is 0 Å². The summed E-state index contributed by atoms with van der Waals surface area (Å²) < 4.78 is 12.3. The Balaban J connectivity index is 1.70. The van der Waals surface area contributed by atoms with Crippen molar-refractivity contribution in [2.24, 2.45) is 0 Å². The van der Waals surface area contributed by atoms with Crippen LogP contribution in [0.2, 0.25) is 0 Å². The molecule has 0 spiro atoms. The Morgan fingerprint density at radius 2 is 1.89 bits per heavy atom. The van der Waals surface area contributed by atoms with Crippen molar-refractivity contribution in [3.8, 4) is 17.2 Å². The molecule has 0 saturated heterocycles. The lowest BCUT2D eigenvalue weighted by atomic mass is 10.0. The number of carbonyl (C=O) groups excluding carboxylic acids is 1. The highest BCUT2D eigenvalue weighted by Crippen LogP contribution is 2.27. The molecule has 0 N–H and O–H groups in total. The molecular formula is C21H24N4O3. The molecule has 7 heteroatoms. The minimum Gasteiger partial charge on any atom is -0.497 e. The molecule has 1 heterocycles. The molecule has 0 fully saturated rings. The van der Waals surface area contributed by atoms with Crippen molar-refractivity contribution in [1.29, 1.82) is 0 Å². The maximum Gasteiger partial charge on any atom is 0.227 e. The molecule has 0 aliphatic heterocycles. The van der Waals surface area contributed by atoms with Crippen LogP contribution in [0.15, 0.2) is 55.1 Å². The van der Waals surface area contributed by atoms with Gasteiger partial charge in [-0.1, -0.05) is 18.2 Å². The van der Waals surface area contributed by atoms with E-state index in [1.54, 1.807) is 36.2 Å². The molecular weight excluding hydrogens is 356 g/mol. The highest BCUT2D eigenvalue weighted by Gasteiger charge is 2.19. The smallest absolute Gasteiger partial charge is 0.227 e. The lowest BCUT2D eigenvalue weighted by Crippen LogP contribution is -2.31. The van der Waals surface area contributed by atoms with Crippen molar-refractivity contribution in [3.05, 3.63) is 66.2 Å². The normalized spacial score (nSPS) is 11.7. The summed E-state index contributed by atoms with van der Waals surface area (Å²) in [6.45, 7) is 2.01. The van der Waals surface area contributed by atoms with Crippen LogP contribution < -0.4 is 9.47 Å². The summed E-state index contributed by atoms with van der Waals surface area (Å²) in [5, 5.41) is 4.12. The summed E-state index contributed by atoms with van der Waals surface area (Å²) in [6, 6.07) is 13.3. The van der Waals surface area contributed by atoms with Gasteiger partial charge in [0.05, 0.1) is 32.4 Å². The van der Waals surface area contributed by atoms with E-state index in [0.717, 1.165) is 16.8 Å². The minimum absolute atomic E-state index is 0.0105. The number of rotatable bonds is 7. The van der Waals surface area contributed by atoms with Gasteiger partial charge >= 0.3 is 0 Å². The first-order valence-corrected chi connectivity index (χ1v) is 8.95. The van der Waals surface area contributed by atoms with Gasteiger partial charge in [-0.25, -0.2) is 9.67 Å². The number of hydrogen-bond donors (Lipinski definition) is 0. The molecule has 3 rings (SSSR count). The molecule has 28 heavy (non-hydrogen) atoms. The van der Waals surface area contributed by atoms with Gasteiger partial charge in [-0.2, -0.15) is 5.10 Å². The summed E-state index contributed by atoms with van der Waals surface area (Å²) in [5.41, 5.74) is 2.79. The standard InChI is InChI=1S/C21H24N4O3/c1-15(16-5-8-18(9-6-16)25-14-22-13-23-25)24(2)21(26)11-17-7-10-19(27-3)12-20(17)28-4/h5-10,12-15H,11H2,1-4H3/t15-/m1/s1. The van der Waals surface area contributed by atoms with Crippen LogP contribution in [0.4, 0.5) is 0 Å². The van der Waals surface area contributed by atoms with Gasteiger partial charge in [0.1, 0.15) is 24.2 Å². The number of hydrogen-bond acceptors (Lipinski definition) is 5. The number of methoxy groups -OCH3 is 2. The second kappa shape index (κ2) is 8.56. The molecule has 0 aliphatic carbocycles. The lowest BCUT2D eigenvalue weighted by Gasteiger charge is -2.26. The topological polar surface area (TPSA) is 69.5 Å². The van der Waals surface area contributed by atoms with Gasteiger partial charge in [0.25, 0.3) is 0 Å². The van der Waals surface area contributed by atoms with E-state index in [1.165, 1.54) is 6.33 Å². The van der Waals surface area contributed by atoms with Crippen LogP contribution >= 0.6 is 0 Å². The van der Waals surface area contributed by atoms with Crippen LogP contribution in [-0.4, -0.2) is 46.8 Å². The molecule has 146 valence electrons. The van der Waals surface area contributed by atoms with Gasteiger partial charge in [0.15, 0.2) is 0 Å². The second-order valence-corrected chi connectivity index (χ2v) is 6.47. The fraction of sp³-hybridized carbons (Fsp3) is 0.286. The highest BCUT2D eigenvalue weighted by atomic mass is 16.5. The molecule has 3 aromatic rings. The fourth-order valence-corrected chi connectivity index (χ4v) is 2.97. The molecule has 0 unspecified atom stereocenters. The van der Waals surface area contributed by atoms with Crippen molar-refractivity contribution in [3.63, 3.8) is 0 Å². The predicted octanol–water partition coefficient (Wildman–Crippen LogP) is 3.05. The third-order valence-electron chi connectivity index (χ3n) is 4.87. The summed E-state index contributed by atoms with van der Waals surface area (Å²) in [7, 11) is 5.00. The Hall–Kier alpha value is -3.35. The number of amides is 1. The van der Waals surface area contributed by atoms with Crippen LogP contribution in [0.1, 0.15) is 24.1 Å². The molecule has 1 amide bonds. The molecule has 0 aliphatic rings. The van der Waals surface area contributed by atoms with E-state index < -0.39 is 0 Å². The Morgan fingerprint density at radius 1 is 1.14 bits per heavy atom. The summed E-state index contributed by atoms with van der Waals surface area (Å²) in [5.74, 6) is 1.35. The van der Waals surface area contributed by atoms with Crippen LogP contribution in [0.5, 0.6) is 11.5 Å². The van der Waals surface area contributed by atoms with Crippen molar-refractivity contribution in [2.75, 3.05) is 21.3 Å². The van der Waals surface area contributed by atoms with Crippen LogP contribution in [-0.2, 0) is 11.2 Å². The molecule has 1 atom stereocenters. The summed E-state index contributed by atoms with van der Waals surface area (Å²) >= 11 is 0. The van der Waals surface area contributed by atoms with Crippen molar-refractivity contribution >= 4 is 5.91 Å². The zero-order chi connectivity index (χ0) is 20.1. The number of nitrogens with zero attached hydrogens (tertiary/aromatic N) is 4. The van der Waals surface area contributed by atoms with E-state index in [1.807, 2.05) is 50.4 Å². The first-order valence-electron chi connectivity index (χ1n) is 8.95. The first-order chi connectivity index (χ1) is 13.5. The zero-order valence-electron chi connectivity index (χ0n) is 16.5. The molecule has 7 nitrogen and oxygen atoms in total. The van der Waals surface area contributed by atoms with Crippen molar-refractivity contribution in [2.45, 2.75) is 19.4 Å². The fourth-order valence-electron chi connectivity index (χ4n) is 2.97. The SMILES string of the molecule is COc1ccc(CC(=O)N(C)[C@H](C)c2ccc(-n3cncn3)cc2)c(OC)c1. The van der Waals surface area contributed by atoms with Gasteiger partial charge < -0.3 is 14.4 Å². The van der Waals surface area contributed by atoms with Crippen molar-refractivity contribution < 1.29 is 14.3 Å². The largest absolute Gasteiger partial charge is 0.497 e. The number of ether oxygens (including phenoxy) is 2. The van der Waals surface area contributed by atoms with E-state index in [4.69, 9.17) is 9.47 Å². The number of carbonyl (C=O) groups is 1. The van der Waals surface area contributed by atoms with Gasteiger partial charge in [0.2, 0.25) is 5.91 Å². The van der Waals surface area contributed by atoms with E-state index >= 15 is 0 Å². The van der Waals surface area contributed by atoms with Crippen LogP contribution in [0.3, 0.4) is 0 Å². The number of likely N-dealkylation sites (N-methyl/N-ethyl adjacent to an activating group) is 1. The third-order valence-corrected chi connectivity index (χ3v) is 4.87. The van der Waals surface area contributed by atoms with E-state index in [-0.39, 0.29) is 18.4 Å². The molecule has 1 aromatic heterocycles. The van der Waals surface area contributed by atoms with Crippen molar-refractivity contribution in [1.82, 2.24) is 19.7 Å². The molecule has 0 saturated carbocycles. The van der Waals surface area contributed by atoms with Gasteiger partial charge in [-0.3, -0.25) is 4.79 Å². The predicted molar refractivity (Wildman–Crippen MR) is 106 cm³/mol. The third kappa shape index (κ3) is 4.14. The van der Waals surface area contributed by atoms with Gasteiger partial charge in [0, 0.05) is 18.7 Å². The molecule has 0 radical (unpaired) electrons. The zero-order valence-corrected chi connectivity index (χ0v) is 16.5. The quantitative estimate of drug-likeness (QED) is 0.630. The van der Waals surface area contributed by atoms with E-state index in [2.05, 4.69) is 10.1 Å². The Bertz CT molecular complexity index is 923. The number of benzene rings is 2. The Morgan fingerprint density at radius 3 is 2.50 bits per heavy atom. The Labute approximate surface area is 164 Å². The van der Waals surface area contributed by atoms with Gasteiger partial charge in [-0.15, -0.1) is 0 Å². The minimum atomic E-state index is -0.0680. The van der Waals surface area contributed by atoms with E-state index in [9.17, 15) is 4.79 Å². The monoisotopic (exact) mass is 380 g/mol. The van der Waals surface area contributed by atoms with E-state index in [0.29, 0.717) is 11.5 Å². The highest BCUT2D eigenvalue weighted by molar-refractivity contribution is 5.79. The molecule has 0 bridgehead atoms. The van der Waals surface area contributed by atoms with Gasteiger partial charge in [-0.05, 0) is 30.7 Å².